The van der Waals surface area contributed by atoms with Crippen molar-refractivity contribution in [3.05, 3.63) is 65.2 Å². The Kier molecular flexibility index (Phi) is 4.85. The second-order valence-corrected chi connectivity index (χ2v) is 6.07. The molecule has 3 heteroatoms. The van der Waals surface area contributed by atoms with Crippen molar-refractivity contribution in [3.8, 4) is 0 Å². The third kappa shape index (κ3) is 3.87. The summed E-state index contributed by atoms with van der Waals surface area (Å²) in [5.74, 6) is 0.446. The zero-order chi connectivity index (χ0) is 14.5. The van der Waals surface area contributed by atoms with Gasteiger partial charge >= 0.3 is 5.97 Å². The normalized spacial score (nSPS) is 10.8. The van der Waals surface area contributed by atoms with Gasteiger partial charge in [0.1, 0.15) is 0 Å². The van der Waals surface area contributed by atoms with Gasteiger partial charge in [-0.25, -0.2) is 4.79 Å². The number of carbonyl (C=O) groups is 1. The molecule has 0 aromatic heterocycles. The summed E-state index contributed by atoms with van der Waals surface area (Å²) >= 11 is 1.72. The maximum absolute atomic E-state index is 10.9. The fourth-order valence-corrected chi connectivity index (χ4v) is 2.75. The van der Waals surface area contributed by atoms with Crippen molar-refractivity contribution in [1.29, 1.82) is 0 Å². The van der Waals surface area contributed by atoms with Crippen molar-refractivity contribution in [2.45, 2.75) is 30.4 Å². The molecule has 0 spiro atoms. The van der Waals surface area contributed by atoms with Gasteiger partial charge in [-0.1, -0.05) is 38.1 Å². The Morgan fingerprint density at radius 3 is 2.45 bits per heavy atom. The standard InChI is InChI=1S/C17H18O2S/c1-12(2)14-6-8-16(9-7-14)20-11-13-4-3-5-15(10-13)17(18)19/h3-10,12H,11H2,1-2H3,(H,18,19). The first-order valence-electron chi connectivity index (χ1n) is 6.61. The highest BCUT2D eigenvalue weighted by molar-refractivity contribution is 7.98. The quantitative estimate of drug-likeness (QED) is 0.802. The summed E-state index contributed by atoms with van der Waals surface area (Å²) in [6, 6.07) is 15.7. The van der Waals surface area contributed by atoms with Gasteiger partial charge in [0.2, 0.25) is 0 Å². The van der Waals surface area contributed by atoms with Crippen molar-refractivity contribution in [2.75, 3.05) is 0 Å². The molecule has 0 heterocycles. The average molecular weight is 286 g/mol. The SMILES string of the molecule is CC(C)c1ccc(SCc2cccc(C(=O)O)c2)cc1. The molecule has 20 heavy (non-hydrogen) atoms. The van der Waals surface area contributed by atoms with E-state index in [4.69, 9.17) is 5.11 Å². The number of aromatic carboxylic acids is 1. The van der Waals surface area contributed by atoms with Crippen molar-refractivity contribution in [2.24, 2.45) is 0 Å². The van der Waals surface area contributed by atoms with Crippen LogP contribution in [0.5, 0.6) is 0 Å². The lowest BCUT2D eigenvalue weighted by molar-refractivity contribution is 0.0697. The van der Waals surface area contributed by atoms with Crippen molar-refractivity contribution in [1.82, 2.24) is 0 Å². The molecular formula is C17H18O2S. The topological polar surface area (TPSA) is 37.3 Å². The summed E-state index contributed by atoms with van der Waals surface area (Å²) in [7, 11) is 0. The lowest BCUT2D eigenvalue weighted by Crippen LogP contribution is -1.96. The van der Waals surface area contributed by atoms with E-state index in [2.05, 4.69) is 38.1 Å². The lowest BCUT2D eigenvalue weighted by Gasteiger charge is -2.07. The lowest BCUT2D eigenvalue weighted by atomic mass is 10.0. The highest BCUT2D eigenvalue weighted by atomic mass is 32.2. The first kappa shape index (κ1) is 14.7. The van der Waals surface area contributed by atoms with Gasteiger partial charge in [-0.3, -0.25) is 0 Å². The summed E-state index contributed by atoms with van der Waals surface area (Å²) in [5, 5.41) is 8.97. The van der Waals surface area contributed by atoms with E-state index in [0.717, 1.165) is 11.3 Å². The molecule has 0 unspecified atom stereocenters. The van der Waals surface area contributed by atoms with Crippen molar-refractivity contribution < 1.29 is 9.90 Å². The van der Waals surface area contributed by atoms with Crippen LogP contribution in [0.25, 0.3) is 0 Å². The molecule has 2 aromatic rings. The van der Waals surface area contributed by atoms with Crippen LogP contribution < -0.4 is 0 Å². The maximum atomic E-state index is 10.9. The molecule has 2 nitrogen and oxygen atoms in total. The van der Waals surface area contributed by atoms with Crippen LogP contribution in [0.3, 0.4) is 0 Å². The third-order valence-electron chi connectivity index (χ3n) is 3.13. The molecule has 0 amide bonds. The van der Waals surface area contributed by atoms with Gasteiger partial charge in [0.05, 0.1) is 5.56 Å². The predicted octanol–water partition coefficient (Wildman–Crippen LogP) is 4.80. The summed E-state index contributed by atoms with van der Waals surface area (Å²) in [5.41, 5.74) is 2.71. The van der Waals surface area contributed by atoms with Crippen LogP contribution >= 0.6 is 11.8 Å². The number of carboxylic acid groups (broad SMARTS) is 1. The number of carboxylic acids is 1. The van der Waals surface area contributed by atoms with E-state index in [9.17, 15) is 4.79 Å². The maximum Gasteiger partial charge on any atom is 0.335 e. The van der Waals surface area contributed by atoms with Crippen molar-refractivity contribution in [3.63, 3.8) is 0 Å². The fraction of sp³-hybridized carbons (Fsp3) is 0.235. The minimum atomic E-state index is -0.877. The van der Waals surface area contributed by atoms with Gasteiger partial charge in [-0.2, -0.15) is 0 Å². The smallest absolute Gasteiger partial charge is 0.335 e. The molecule has 0 atom stereocenters. The number of thioether (sulfide) groups is 1. The first-order chi connectivity index (χ1) is 9.56. The van der Waals surface area contributed by atoms with Crippen LogP contribution in [0.15, 0.2) is 53.4 Å². The number of hydrogen-bond acceptors (Lipinski definition) is 2. The molecule has 2 rings (SSSR count). The Bertz CT molecular complexity index is 588. The molecule has 0 aliphatic carbocycles. The van der Waals surface area contributed by atoms with Crippen LogP contribution in [-0.2, 0) is 5.75 Å². The van der Waals surface area contributed by atoms with E-state index in [0.29, 0.717) is 11.5 Å². The third-order valence-corrected chi connectivity index (χ3v) is 4.21. The molecule has 0 bridgehead atoms. The average Bonchev–Trinajstić information content (AvgIpc) is 2.46. The van der Waals surface area contributed by atoms with Crippen LogP contribution in [0, 0.1) is 0 Å². The van der Waals surface area contributed by atoms with Gasteiger partial charge in [0, 0.05) is 10.6 Å². The Morgan fingerprint density at radius 2 is 1.85 bits per heavy atom. The predicted molar refractivity (Wildman–Crippen MR) is 83.5 cm³/mol. The monoisotopic (exact) mass is 286 g/mol. The molecule has 0 saturated heterocycles. The van der Waals surface area contributed by atoms with E-state index in [1.54, 1.807) is 30.0 Å². The molecule has 0 fully saturated rings. The first-order valence-corrected chi connectivity index (χ1v) is 7.60. The Hall–Kier alpha value is -1.74. The molecule has 0 saturated carbocycles. The molecular weight excluding hydrogens is 268 g/mol. The largest absolute Gasteiger partial charge is 0.478 e. The van der Waals surface area contributed by atoms with E-state index in [1.165, 1.54) is 10.5 Å². The number of hydrogen-bond donors (Lipinski definition) is 1. The van der Waals surface area contributed by atoms with E-state index >= 15 is 0 Å². The summed E-state index contributed by atoms with van der Waals surface area (Å²) in [4.78, 5) is 12.1. The second kappa shape index (κ2) is 6.62. The number of benzene rings is 2. The summed E-state index contributed by atoms with van der Waals surface area (Å²) in [6.07, 6.45) is 0. The van der Waals surface area contributed by atoms with E-state index < -0.39 is 5.97 Å². The van der Waals surface area contributed by atoms with Gasteiger partial charge in [0.15, 0.2) is 0 Å². The highest BCUT2D eigenvalue weighted by Gasteiger charge is 2.04. The Balaban J connectivity index is 2.01. The van der Waals surface area contributed by atoms with Crippen LogP contribution in [0.4, 0.5) is 0 Å². The van der Waals surface area contributed by atoms with Gasteiger partial charge < -0.3 is 5.11 Å². The Morgan fingerprint density at radius 1 is 1.15 bits per heavy atom. The van der Waals surface area contributed by atoms with Crippen LogP contribution in [0.1, 0.15) is 41.3 Å². The van der Waals surface area contributed by atoms with Crippen molar-refractivity contribution >= 4 is 17.7 Å². The minimum Gasteiger partial charge on any atom is -0.478 e. The molecule has 0 aliphatic heterocycles. The van der Waals surface area contributed by atoms with E-state index in [-0.39, 0.29) is 0 Å². The molecule has 0 aliphatic rings. The molecule has 104 valence electrons. The Labute approximate surface area is 123 Å². The summed E-state index contributed by atoms with van der Waals surface area (Å²) < 4.78 is 0. The fourth-order valence-electron chi connectivity index (χ4n) is 1.91. The van der Waals surface area contributed by atoms with Gasteiger partial charge in [0.25, 0.3) is 0 Å². The molecule has 0 radical (unpaired) electrons. The van der Waals surface area contributed by atoms with E-state index in [1.807, 2.05) is 6.07 Å². The van der Waals surface area contributed by atoms with Crippen LogP contribution in [0.2, 0.25) is 0 Å². The van der Waals surface area contributed by atoms with Gasteiger partial charge in [-0.15, -0.1) is 11.8 Å². The van der Waals surface area contributed by atoms with Crippen LogP contribution in [-0.4, -0.2) is 11.1 Å². The van der Waals surface area contributed by atoms with Gasteiger partial charge in [-0.05, 0) is 41.3 Å². The zero-order valence-corrected chi connectivity index (χ0v) is 12.5. The summed E-state index contributed by atoms with van der Waals surface area (Å²) in [6.45, 7) is 4.36. The second-order valence-electron chi connectivity index (χ2n) is 5.02. The minimum absolute atomic E-state index is 0.346. The molecule has 1 N–H and O–H groups in total. The zero-order valence-electron chi connectivity index (χ0n) is 11.7. The number of rotatable bonds is 5. The highest BCUT2D eigenvalue weighted by Crippen LogP contribution is 2.25. The molecule has 2 aromatic carbocycles.